The molecule has 1 unspecified atom stereocenters. The van der Waals surface area contributed by atoms with Crippen LogP contribution in [0.15, 0.2) is 31.9 Å². The molecule has 1 saturated heterocycles. The Kier molecular flexibility index (Phi) is 4.29. The lowest BCUT2D eigenvalue weighted by atomic mass is 10.2. The number of hydrogen-bond donors (Lipinski definition) is 1. The zero-order chi connectivity index (χ0) is 18.1. The van der Waals surface area contributed by atoms with E-state index in [2.05, 4.69) is 15.5 Å². The predicted octanol–water partition coefficient (Wildman–Crippen LogP) is 1.24. The first-order valence-electron chi connectivity index (χ1n) is 8.42. The monoisotopic (exact) mass is 358 g/mol. The molecule has 1 aliphatic rings. The lowest BCUT2D eigenvalue weighted by molar-refractivity contribution is 0.0822. The number of nitrogens with one attached hydrogen (secondary N) is 1. The fourth-order valence-corrected chi connectivity index (χ4v) is 2.96. The minimum atomic E-state index is -0.514. The number of rotatable bonds is 5. The summed E-state index contributed by atoms with van der Waals surface area (Å²) < 4.78 is 17.1. The van der Waals surface area contributed by atoms with Gasteiger partial charge in [0.05, 0.1) is 18.2 Å². The summed E-state index contributed by atoms with van der Waals surface area (Å²) in [5.74, 6) is -0.895. The quantitative estimate of drug-likeness (QED) is 0.730. The van der Waals surface area contributed by atoms with Crippen LogP contribution in [0.3, 0.4) is 0 Å². The number of nitrogens with zero attached hydrogens (tertiary/aromatic N) is 3. The maximum absolute atomic E-state index is 12.1. The first-order chi connectivity index (χ1) is 12.6. The highest BCUT2D eigenvalue weighted by atomic mass is 16.5. The maximum Gasteiger partial charge on any atom is 0.420 e. The van der Waals surface area contributed by atoms with Crippen molar-refractivity contribution >= 4 is 17.0 Å². The van der Waals surface area contributed by atoms with Crippen molar-refractivity contribution in [2.75, 3.05) is 13.2 Å². The third-order valence-electron chi connectivity index (χ3n) is 4.30. The second-order valence-electron chi connectivity index (χ2n) is 6.29. The number of aromatic nitrogens is 3. The fraction of sp³-hybridized carbons (Fsp3) is 0.412. The molecule has 1 amide bonds. The van der Waals surface area contributed by atoms with Crippen LogP contribution in [0.4, 0.5) is 0 Å². The summed E-state index contributed by atoms with van der Waals surface area (Å²) in [5, 5.41) is 6.50. The smallest absolute Gasteiger partial charge is 0.408 e. The van der Waals surface area contributed by atoms with Crippen LogP contribution in [0, 0.1) is 6.92 Å². The minimum Gasteiger partial charge on any atom is -0.408 e. The number of carbonyl (C=O) groups is 1. The Morgan fingerprint density at radius 3 is 3.12 bits per heavy atom. The van der Waals surface area contributed by atoms with E-state index in [4.69, 9.17) is 13.7 Å². The van der Waals surface area contributed by atoms with Crippen molar-refractivity contribution in [3.8, 4) is 0 Å². The van der Waals surface area contributed by atoms with Gasteiger partial charge in [0, 0.05) is 13.2 Å². The Bertz CT molecular complexity index is 996. The number of oxazole rings is 1. The van der Waals surface area contributed by atoms with Crippen LogP contribution in [-0.4, -0.2) is 39.9 Å². The van der Waals surface area contributed by atoms with Gasteiger partial charge in [-0.3, -0.25) is 9.36 Å². The summed E-state index contributed by atoms with van der Waals surface area (Å²) >= 11 is 0. The number of carbonyl (C=O) groups excluding carboxylic acids is 1. The van der Waals surface area contributed by atoms with Gasteiger partial charge in [-0.15, -0.1) is 0 Å². The van der Waals surface area contributed by atoms with E-state index < -0.39 is 11.7 Å². The molecule has 0 saturated carbocycles. The summed E-state index contributed by atoms with van der Waals surface area (Å²) in [7, 11) is 0. The average molecular weight is 358 g/mol. The molecule has 136 valence electrons. The number of fused-ring (bicyclic) bond motifs is 1. The van der Waals surface area contributed by atoms with Crippen molar-refractivity contribution in [1.82, 2.24) is 20.0 Å². The highest BCUT2D eigenvalue weighted by molar-refractivity contribution is 5.89. The zero-order valence-electron chi connectivity index (χ0n) is 14.2. The third-order valence-corrected chi connectivity index (χ3v) is 4.30. The van der Waals surface area contributed by atoms with Crippen LogP contribution in [0.5, 0.6) is 0 Å². The van der Waals surface area contributed by atoms with E-state index in [9.17, 15) is 9.59 Å². The molecule has 1 fully saturated rings. The Balaban J connectivity index is 1.48. The molecule has 1 N–H and O–H groups in total. The van der Waals surface area contributed by atoms with Crippen LogP contribution < -0.4 is 11.1 Å². The molecule has 3 heterocycles. The Morgan fingerprint density at radius 2 is 2.31 bits per heavy atom. The molecule has 2 aromatic heterocycles. The van der Waals surface area contributed by atoms with Crippen LogP contribution in [0.25, 0.3) is 11.1 Å². The summed E-state index contributed by atoms with van der Waals surface area (Å²) in [6, 6.07) is 5.44. The lowest BCUT2D eigenvalue weighted by Crippen LogP contribution is -2.32. The molecule has 1 atom stereocenters. The van der Waals surface area contributed by atoms with Crippen molar-refractivity contribution in [2.24, 2.45) is 0 Å². The van der Waals surface area contributed by atoms with Crippen molar-refractivity contribution < 1.29 is 18.5 Å². The largest absolute Gasteiger partial charge is 0.420 e. The Morgan fingerprint density at radius 1 is 1.42 bits per heavy atom. The SMILES string of the molecule is Cc1ccc2oc(=O)n(Cc3noc(C(=O)NCC4CCCO4)n3)c2c1. The molecule has 9 nitrogen and oxygen atoms in total. The molecule has 1 aromatic carbocycles. The Hall–Kier alpha value is -2.94. The van der Waals surface area contributed by atoms with Gasteiger partial charge in [-0.05, 0) is 37.5 Å². The van der Waals surface area contributed by atoms with Gasteiger partial charge in [0.2, 0.25) is 0 Å². The average Bonchev–Trinajstić information content (AvgIpc) is 3.35. The van der Waals surface area contributed by atoms with E-state index in [1.807, 2.05) is 19.1 Å². The van der Waals surface area contributed by atoms with Crippen molar-refractivity contribution in [2.45, 2.75) is 32.4 Å². The highest BCUT2D eigenvalue weighted by Gasteiger charge is 2.20. The van der Waals surface area contributed by atoms with Gasteiger partial charge in [-0.25, -0.2) is 4.79 Å². The summed E-state index contributed by atoms with van der Waals surface area (Å²) in [5.41, 5.74) is 2.12. The second kappa shape index (κ2) is 6.75. The molecule has 1 aliphatic heterocycles. The number of hydrogen-bond acceptors (Lipinski definition) is 7. The molecular weight excluding hydrogens is 340 g/mol. The normalized spacial score (nSPS) is 17.0. The molecular formula is C17H18N4O5. The van der Waals surface area contributed by atoms with Crippen LogP contribution in [0.1, 0.15) is 34.9 Å². The van der Waals surface area contributed by atoms with Crippen LogP contribution in [0.2, 0.25) is 0 Å². The van der Waals surface area contributed by atoms with E-state index in [0.717, 1.165) is 25.0 Å². The number of ether oxygens (including phenoxy) is 1. The fourth-order valence-electron chi connectivity index (χ4n) is 2.96. The topological polar surface area (TPSA) is 112 Å². The van der Waals surface area contributed by atoms with E-state index in [0.29, 0.717) is 17.6 Å². The maximum atomic E-state index is 12.1. The molecule has 4 rings (SSSR count). The number of amides is 1. The predicted molar refractivity (Wildman–Crippen MR) is 89.9 cm³/mol. The lowest BCUT2D eigenvalue weighted by Gasteiger charge is -2.08. The zero-order valence-corrected chi connectivity index (χ0v) is 14.2. The van der Waals surface area contributed by atoms with Crippen LogP contribution >= 0.6 is 0 Å². The van der Waals surface area contributed by atoms with E-state index in [1.54, 1.807) is 6.07 Å². The third kappa shape index (κ3) is 3.25. The minimum absolute atomic E-state index is 0.0282. The second-order valence-corrected chi connectivity index (χ2v) is 6.29. The highest BCUT2D eigenvalue weighted by Crippen LogP contribution is 2.15. The van der Waals surface area contributed by atoms with Crippen LogP contribution in [-0.2, 0) is 11.3 Å². The van der Waals surface area contributed by atoms with Crippen molar-refractivity contribution in [3.63, 3.8) is 0 Å². The molecule has 0 spiro atoms. The van der Waals surface area contributed by atoms with E-state index >= 15 is 0 Å². The molecule has 3 aromatic rings. The van der Waals surface area contributed by atoms with Gasteiger partial charge in [0.15, 0.2) is 11.4 Å². The number of benzene rings is 1. The molecule has 0 bridgehead atoms. The first kappa shape index (κ1) is 16.5. The van der Waals surface area contributed by atoms with Gasteiger partial charge in [0.1, 0.15) is 0 Å². The van der Waals surface area contributed by atoms with Gasteiger partial charge < -0.3 is 19.0 Å². The number of aryl methyl sites for hydroxylation is 1. The molecule has 9 heteroatoms. The van der Waals surface area contributed by atoms with Gasteiger partial charge in [-0.1, -0.05) is 11.2 Å². The van der Waals surface area contributed by atoms with Crippen molar-refractivity contribution in [3.05, 3.63) is 46.0 Å². The summed E-state index contributed by atoms with van der Waals surface area (Å²) in [6.45, 7) is 3.10. The summed E-state index contributed by atoms with van der Waals surface area (Å²) in [6.07, 6.45) is 1.95. The van der Waals surface area contributed by atoms with E-state index in [-0.39, 0.29) is 24.4 Å². The summed E-state index contributed by atoms with van der Waals surface area (Å²) in [4.78, 5) is 28.2. The first-order valence-corrected chi connectivity index (χ1v) is 8.42. The van der Waals surface area contributed by atoms with Crippen molar-refractivity contribution in [1.29, 1.82) is 0 Å². The van der Waals surface area contributed by atoms with E-state index in [1.165, 1.54) is 4.57 Å². The van der Waals surface area contributed by atoms with Gasteiger partial charge >= 0.3 is 17.6 Å². The molecule has 0 aliphatic carbocycles. The molecule has 0 radical (unpaired) electrons. The standard InChI is InChI=1S/C17H18N4O5/c1-10-4-5-13-12(7-10)21(17(23)25-13)9-14-19-16(26-20-14)15(22)18-8-11-3-2-6-24-11/h4-5,7,11H,2-3,6,8-9H2,1H3,(H,18,22). The Labute approximate surface area is 147 Å². The molecule has 26 heavy (non-hydrogen) atoms. The van der Waals surface area contributed by atoms with Gasteiger partial charge in [-0.2, -0.15) is 4.98 Å². The van der Waals surface area contributed by atoms with Gasteiger partial charge in [0.25, 0.3) is 0 Å².